The summed E-state index contributed by atoms with van der Waals surface area (Å²) in [7, 11) is 0. The normalized spacial score (nSPS) is 11.4. The summed E-state index contributed by atoms with van der Waals surface area (Å²) in [6.45, 7) is 8.78. The molecule has 1 N–H and O–H groups in total. The van der Waals surface area contributed by atoms with E-state index < -0.39 is 12.1 Å². The van der Waals surface area contributed by atoms with Crippen molar-refractivity contribution < 1.29 is 14.3 Å². The van der Waals surface area contributed by atoms with Gasteiger partial charge in [0.1, 0.15) is 0 Å². The third-order valence-electron chi connectivity index (χ3n) is 3.27. The lowest BCUT2D eigenvalue weighted by Crippen LogP contribution is -2.44. The molecule has 0 aliphatic rings. The summed E-state index contributed by atoms with van der Waals surface area (Å²) in [5.41, 5.74) is 1.49. The van der Waals surface area contributed by atoms with Crippen LogP contribution in [0.1, 0.15) is 38.3 Å². The molecule has 122 valence electrons. The number of ether oxygens (including phenoxy) is 1. The number of rotatable bonds is 7. The number of Topliss-reactive ketones (excluding diaryl/α,β-unsaturated/α-hetero) is 1. The number of nitrogens with one attached hydrogen (secondary N) is 1. The van der Waals surface area contributed by atoms with Crippen LogP contribution in [0, 0.1) is 17.2 Å². The van der Waals surface area contributed by atoms with Gasteiger partial charge in [-0.1, -0.05) is 32.6 Å². The second-order valence-electron chi connectivity index (χ2n) is 5.74. The lowest BCUT2D eigenvalue weighted by atomic mass is 9.95. The van der Waals surface area contributed by atoms with Gasteiger partial charge in [-0.15, -0.1) is 0 Å². The Hall–Kier alpha value is -2.61. The standard InChI is InChI=1S/C18H22N2O3/c1-12(2)17(20-18(22)23-13(3)4)16(21)9-8-14-6-5-7-15(10-14)11-19/h5-7,10,12,17H,3,8-9H2,1-2,4H3,(H,20,22)/t17-/m1/s1. The van der Waals surface area contributed by atoms with Crippen molar-refractivity contribution in [2.45, 2.75) is 39.7 Å². The molecular formula is C18H22N2O3. The number of ketones is 1. The van der Waals surface area contributed by atoms with Gasteiger partial charge in [0, 0.05) is 6.42 Å². The molecule has 0 spiro atoms. The first-order valence-corrected chi connectivity index (χ1v) is 7.49. The van der Waals surface area contributed by atoms with E-state index in [0.29, 0.717) is 12.0 Å². The van der Waals surface area contributed by atoms with Crippen LogP contribution in [-0.4, -0.2) is 17.9 Å². The Bertz CT molecular complexity index is 629. The van der Waals surface area contributed by atoms with E-state index in [-0.39, 0.29) is 23.9 Å². The van der Waals surface area contributed by atoms with E-state index in [1.54, 1.807) is 25.1 Å². The molecule has 0 fully saturated rings. The molecule has 0 aromatic heterocycles. The maximum Gasteiger partial charge on any atom is 0.412 e. The molecule has 0 heterocycles. The van der Waals surface area contributed by atoms with Gasteiger partial charge in [-0.3, -0.25) is 4.79 Å². The van der Waals surface area contributed by atoms with Crippen molar-refractivity contribution in [3.8, 4) is 6.07 Å². The molecule has 0 aliphatic carbocycles. The van der Waals surface area contributed by atoms with Crippen molar-refractivity contribution in [3.05, 3.63) is 47.7 Å². The van der Waals surface area contributed by atoms with Crippen LogP contribution in [0.25, 0.3) is 0 Å². The molecule has 5 heteroatoms. The molecule has 1 rings (SSSR count). The number of nitrogens with zero attached hydrogens (tertiary/aromatic N) is 1. The van der Waals surface area contributed by atoms with Gasteiger partial charge < -0.3 is 10.1 Å². The van der Waals surface area contributed by atoms with Crippen LogP contribution in [-0.2, 0) is 16.0 Å². The average Bonchev–Trinajstić information content (AvgIpc) is 2.49. The fraction of sp³-hybridized carbons (Fsp3) is 0.389. The molecular weight excluding hydrogens is 292 g/mol. The molecule has 1 aromatic carbocycles. The van der Waals surface area contributed by atoms with Gasteiger partial charge in [-0.05, 0) is 37.0 Å². The van der Waals surface area contributed by atoms with E-state index in [9.17, 15) is 9.59 Å². The molecule has 0 saturated heterocycles. The topological polar surface area (TPSA) is 79.2 Å². The Morgan fingerprint density at radius 3 is 2.65 bits per heavy atom. The smallest absolute Gasteiger partial charge is 0.412 e. The Labute approximate surface area is 137 Å². The number of hydrogen-bond acceptors (Lipinski definition) is 4. The van der Waals surface area contributed by atoms with Crippen LogP contribution in [0.5, 0.6) is 0 Å². The minimum Gasteiger partial charge on any atom is -0.416 e. The number of benzene rings is 1. The van der Waals surface area contributed by atoms with Crippen LogP contribution >= 0.6 is 0 Å². The highest BCUT2D eigenvalue weighted by Crippen LogP contribution is 2.11. The van der Waals surface area contributed by atoms with Crippen LogP contribution in [0.2, 0.25) is 0 Å². The van der Waals surface area contributed by atoms with Crippen LogP contribution < -0.4 is 5.32 Å². The van der Waals surface area contributed by atoms with Gasteiger partial charge in [0.25, 0.3) is 0 Å². The van der Waals surface area contributed by atoms with Crippen molar-refractivity contribution in [2.24, 2.45) is 5.92 Å². The molecule has 0 unspecified atom stereocenters. The predicted octanol–water partition coefficient (Wildman–Crippen LogP) is 3.34. The number of carbonyl (C=O) groups is 2. The lowest BCUT2D eigenvalue weighted by Gasteiger charge is -2.20. The molecule has 0 bridgehead atoms. The van der Waals surface area contributed by atoms with E-state index in [4.69, 9.17) is 10.00 Å². The fourth-order valence-corrected chi connectivity index (χ4v) is 2.15. The van der Waals surface area contributed by atoms with Crippen LogP contribution in [0.4, 0.5) is 4.79 Å². The van der Waals surface area contributed by atoms with Crippen molar-refractivity contribution >= 4 is 11.9 Å². The monoisotopic (exact) mass is 314 g/mol. The summed E-state index contributed by atoms with van der Waals surface area (Å²) in [6.07, 6.45) is 0.135. The molecule has 0 radical (unpaired) electrons. The fourth-order valence-electron chi connectivity index (χ4n) is 2.15. The van der Waals surface area contributed by atoms with Crippen molar-refractivity contribution in [1.82, 2.24) is 5.32 Å². The predicted molar refractivity (Wildman–Crippen MR) is 87.5 cm³/mol. The Morgan fingerprint density at radius 1 is 1.39 bits per heavy atom. The van der Waals surface area contributed by atoms with E-state index in [1.165, 1.54) is 0 Å². The van der Waals surface area contributed by atoms with E-state index in [2.05, 4.69) is 18.0 Å². The maximum atomic E-state index is 12.4. The van der Waals surface area contributed by atoms with Gasteiger partial charge in [0.05, 0.1) is 23.4 Å². The van der Waals surface area contributed by atoms with Crippen LogP contribution in [0.15, 0.2) is 36.6 Å². The summed E-state index contributed by atoms with van der Waals surface area (Å²) >= 11 is 0. The first-order chi connectivity index (χ1) is 10.8. The largest absolute Gasteiger partial charge is 0.416 e. The number of hydrogen-bond donors (Lipinski definition) is 1. The van der Waals surface area contributed by atoms with E-state index >= 15 is 0 Å². The van der Waals surface area contributed by atoms with Crippen LogP contribution in [0.3, 0.4) is 0 Å². The first-order valence-electron chi connectivity index (χ1n) is 7.49. The summed E-state index contributed by atoms with van der Waals surface area (Å²) in [5, 5.41) is 11.5. The molecule has 0 saturated carbocycles. The Balaban J connectivity index is 2.66. The van der Waals surface area contributed by atoms with Gasteiger partial charge >= 0.3 is 6.09 Å². The van der Waals surface area contributed by atoms with E-state index in [0.717, 1.165) is 5.56 Å². The molecule has 1 atom stereocenters. The van der Waals surface area contributed by atoms with Crippen molar-refractivity contribution in [2.75, 3.05) is 0 Å². The molecule has 0 aliphatic heterocycles. The second kappa shape index (κ2) is 8.74. The summed E-state index contributed by atoms with van der Waals surface area (Å²) in [4.78, 5) is 24.0. The maximum absolute atomic E-state index is 12.4. The molecule has 5 nitrogen and oxygen atoms in total. The SMILES string of the molecule is C=C(C)OC(=O)N[C@@H](C(=O)CCc1cccc(C#N)c1)C(C)C. The quantitative estimate of drug-likeness (QED) is 0.783. The number of allylic oxidation sites excluding steroid dienone is 1. The number of nitriles is 1. The Morgan fingerprint density at radius 2 is 2.09 bits per heavy atom. The highest BCUT2D eigenvalue weighted by Gasteiger charge is 2.24. The number of amides is 1. The van der Waals surface area contributed by atoms with Crippen molar-refractivity contribution in [3.63, 3.8) is 0 Å². The third-order valence-corrected chi connectivity index (χ3v) is 3.27. The number of alkyl carbamates (subject to hydrolysis) is 1. The molecule has 1 aromatic rings. The van der Waals surface area contributed by atoms with Gasteiger partial charge in [-0.2, -0.15) is 5.26 Å². The Kier molecular flexibility index (Phi) is 7.01. The third kappa shape index (κ3) is 6.35. The zero-order valence-electron chi connectivity index (χ0n) is 13.8. The average molecular weight is 314 g/mol. The van der Waals surface area contributed by atoms with Crippen molar-refractivity contribution in [1.29, 1.82) is 5.26 Å². The zero-order chi connectivity index (χ0) is 17.4. The van der Waals surface area contributed by atoms with Gasteiger partial charge in [0.15, 0.2) is 5.78 Å². The number of aryl methyl sites for hydroxylation is 1. The molecule has 1 amide bonds. The highest BCUT2D eigenvalue weighted by atomic mass is 16.6. The lowest BCUT2D eigenvalue weighted by molar-refractivity contribution is -0.121. The summed E-state index contributed by atoms with van der Waals surface area (Å²) < 4.78 is 4.84. The number of carbonyl (C=O) groups excluding carboxylic acids is 2. The molecule has 23 heavy (non-hydrogen) atoms. The van der Waals surface area contributed by atoms with Gasteiger partial charge in [-0.25, -0.2) is 4.79 Å². The second-order valence-corrected chi connectivity index (χ2v) is 5.74. The minimum atomic E-state index is -0.670. The summed E-state index contributed by atoms with van der Waals surface area (Å²) in [5.74, 6) is 0.150. The van der Waals surface area contributed by atoms with Gasteiger partial charge in [0.2, 0.25) is 0 Å². The van der Waals surface area contributed by atoms with E-state index in [1.807, 2.05) is 19.9 Å². The summed E-state index contributed by atoms with van der Waals surface area (Å²) in [6, 6.07) is 8.62. The first kappa shape index (κ1) is 18.4. The zero-order valence-corrected chi connectivity index (χ0v) is 13.8. The highest BCUT2D eigenvalue weighted by molar-refractivity contribution is 5.87. The minimum absolute atomic E-state index is 0.0504.